The lowest BCUT2D eigenvalue weighted by Crippen LogP contribution is -2.12. The first-order chi connectivity index (χ1) is 6.13. The van der Waals surface area contributed by atoms with Gasteiger partial charge in [-0.15, -0.1) is 11.6 Å². The van der Waals surface area contributed by atoms with Gasteiger partial charge < -0.3 is 5.73 Å². The molecule has 1 rings (SSSR count). The predicted molar refractivity (Wildman–Crippen MR) is 60.9 cm³/mol. The van der Waals surface area contributed by atoms with Gasteiger partial charge in [-0.05, 0) is 24.6 Å². The lowest BCUT2D eigenvalue weighted by Gasteiger charge is -2.01. The van der Waals surface area contributed by atoms with Crippen LogP contribution in [0.1, 0.15) is 5.56 Å². The Bertz CT molecular complexity index is 336. The molecule has 0 aliphatic carbocycles. The van der Waals surface area contributed by atoms with E-state index in [0.29, 0.717) is 5.84 Å². The van der Waals surface area contributed by atoms with Crippen molar-refractivity contribution in [2.75, 3.05) is 5.88 Å². The molecule has 2 nitrogen and oxygen atoms in total. The van der Waals surface area contributed by atoms with Crippen LogP contribution in [0.2, 0.25) is 0 Å². The summed E-state index contributed by atoms with van der Waals surface area (Å²) >= 11 is 8.89. The minimum atomic E-state index is 0.256. The summed E-state index contributed by atoms with van der Waals surface area (Å²) in [6, 6.07) is 5.85. The molecule has 0 heterocycles. The zero-order valence-corrected chi connectivity index (χ0v) is 9.56. The second-order valence-corrected chi connectivity index (χ2v) is 3.85. The number of aryl methyl sites for hydroxylation is 1. The molecule has 1 aromatic carbocycles. The zero-order chi connectivity index (χ0) is 9.84. The molecule has 4 heteroatoms. The van der Waals surface area contributed by atoms with Crippen molar-refractivity contribution in [3.05, 3.63) is 28.2 Å². The van der Waals surface area contributed by atoms with Crippen LogP contribution in [0.25, 0.3) is 0 Å². The van der Waals surface area contributed by atoms with Crippen LogP contribution in [0.5, 0.6) is 0 Å². The number of rotatable bonds is 2. The van der Waals surface area contributed by atoms with E-state index >= 15 is 0 Å². The highest BCUT2D eigenvalue weighted by Crippen LogP contribution is 2.23. The Hall–Kier alpha value is -0.540. The summed E-state index contributed by atoms with van der Waals surface area (Å²) in [7, 11) is 0. The minimum absolute atomic E-state index is 0.256. The fraction of sp³-hybridized carbons (Fsp3) is 0.222. The molecule has 0 aliphatic heterocycles. The van der Waals surface area contributed by atoms with Crippen LogP contribution in [0.15, 0.2) is 27.7 Å². The van der Waals surface area contributed by atoms with Crippen molar-refractivity contribution in [1.29, 1.82) is 0 Å². The van der Waals surface area contributed by atoms with Crippen molar-refractivity contribution < 1.29 is 0 Å². The third-order valence-corrected chi connectivity index (χ3v) is 2.34. The number of aliphatic imine (C=N–C) groups is 1. The van der Waals surface area contributed by atoms with Gasteiger partial charge in [0.2, 0.25) is 0 Å². The van der Waals surface area contributed by atoms with Crippen LogP contribution in [-0.2, 0) is 0 Å². The molecule has 0 radical (unpaired) electrons. The standard InChI is InChI=1S/C9H10BrClN2/c1-6-2-3-7(10)4-8(6)13-9(12)5-11/h2-4H,5H2,1H3,(H2,12,13). The fourth-order valence-corrected chi connectivity index (χ4v) is 1.30. The summed E-state index contributed by atoms with van der Waals surface area (Å²) in [5, 5.41) is 0. The molecule has 0 aromatic heterocycles. The van der Waals surface area contributed by atoms with Gasteiger partial charge in [-0.1, -0.05) is 22.0 Å². The number of benzene rings is 1. The predicted octanol–water partition coefficient (Wildman–Crippen LogP) is 2.99. The summed E-state index contributed by atoms with van der Waals surface area (Å²) in [6.07, 6.45) is 0. The van der Waals surface area contributed by atoms with E-state index < -0.39 is 0 Å². The van der Waals surface area contributed by atoms with E-state index in [0.717, 1.165) is 15.7 Å². The molecule has 0 aliphatic rings. The van der Waals surface area contributed by atoms with Crippen molar-refractivity contribution in [2.24, 2.45) is 10.7 Å². The first kappa shape index (κ1) is 10.5. The molecule has 0 spiro atoms. The van der Waals surface area contributed by atoms with Gasteiger partial charge in [0.1, 0.15) is 5.84 Å². The highest BCUT2D eigenvalue weighted by molar-refractivity contribution is 9.10. The summed E-state index contributed by atoms with van der Waals surface area (Å²) in [4.78, 5) is 4.17. The second-order valence-electron chi connectivity index (χ2n) is 2.67. The Kier molecular flexibility index (Phi) is 3.75. The van der Waals surface area contributed by atoms with Gasteiger partial charge in [0.05, 0.1) is 11.6 Å². The Labute approximate surface area is 90.9 Å². The molecule has 0 fully saturated rings. The van der Waals surface area contributed by atoms with E-state index in [4.69, 9.17) is 17.3 Å². The van der Waals surface area contributed by atoms with E-state index in [2.05, 4.69) is 20.9 Å². The molecule has 0 atom stereocenters. The molecule has 0 bridgehead atoms. The van der Waals surface area contributed by atoms with Gasteiger partial charge >= 0.3 is 0 Å². The number of hydrogen-bond acceptors (Lipinski definition) is 1. The van der Waals surface area contributed by atoms with E-state index in [-0.39, 0.29) is 5.88 Å². The molecule has 0 saturated heterocycles. The quantitative estimate of drug-likeness (QED) is 0.496. The maximum Gasteiger partial charge on any atom is 0.115 e. The number of alkyl halides is 1. The third kappa shape index (κ3) is 3.01. The van der Waals surface area contributed by atoms with Crippen LogP contribution >= 0.6 is 27.5 Å². The maximum absolute atomic E-state index is 5.53. The first-order valence-corrected chi connectivity index (χ1v) is 5.11. The van der Waals surface area contributed by atoms with Gasteiger partial charge in [-0.2, -0.15) is 0 Å². The van der Waals surface area contributed by atoms with E-state index in [9.17, 15) is 0 Å². The third-order valence-electron chi connectivity index (χ3n) is 1.57. The van der Waals surface area contributed by atoms with Crippen molar-refractivity contribution in [3.8, 4) is 0 Å². The zero-order valence-electron chi connectivity index (χ0n) is 7.22. The monoisotopic (exact) mass is 260 g/mol. The van der Waals surface area contributed by atoms with Crippen LogP contribution in [0.4, 0.5) is 5.69 Å². The minimum Gasteiger partial charge on any atom is -0.386 e. The summed E-state index contributed by atoms with van der Waals surface area (Å²) in [5.74, 6) is 0.689. The molecule has 13 heavy (non-hydrogen) atoms. The number of halogens is 2. The summed E-state index contributed by atoms with van der Waals surface area (Å²) in [6.45, 7) is 1.98. The highest BCUT2D eigenvalue weighted by Gasteiger charge is 1.98. The van der Waals surface area contributed by atoms with Gasteiger partial charge in [-0.25, -0.2) is 4.99 Å². The van der Waals surface area contributed by atoms with Crippen molar-refractivity contribution in [1.82, 2.24) is 0 Å². The van der Waals surface area contributed by atoms with Gasteiger partial charge in [0.25, 0.3) is 0 Å². The smallest absolute Gasteiger partial charge is 0.115 e. The number of nitrogens with zero attached hydrogens (tertiary/aromatic N) is 1. The average Bonchev–Trinajstić information content (AvgIpc) is 2.11. The first-order valence-electron chi connectivity index (χ1n) is 3.78. The SMILES string of the molecule is Cc1ccc(Br)cc1N=C(N)CCl. The lowest BCUT2D eigenvalue weighted by atomic mass is 10.2. The van der Waals surface area contributed by atoms with Gasteiger partial charge in [0.15, 0.2) is 0 Å². The van der Waals surface area contributed by atoms with Crippen LogP contribution in [0.3, 0.4) is 0 Å². The molecule has 0 unspecified atom stereocenters. The van der Waals surface area contributed by atoms with Gasteiger partial charge in [0, 0.05) is 4.47 Å². The van der Waals surface area contributed by atoms with Crippen LogP contribution in [0, 0.1) is 6.92 Å². The topological polar surface area (TPSA) is 38.4 Å². The Morgan fingerprint density at radius 3 is 2.92 bits per heavy atom. The van der Waals surface area contributed by atoms with E-state index in [1.807, 2.05) is 25.1 Å². The summed E-state index contributed by atoms with van der Waals surface area (Å²) < 4.78 is 0.985. The second kappa shape index (κ2) is 4.63. The lowest BCUT2D eigenvalue weighted by molar-refractivity contribution is 1.36. The average molecular weight is 262 g/mol. The Balaban J connectivity index is 3.07. The molecule has 0 amide bonds. The van der Waals surface area contributed by atoms with Crippen LogP contribution in [-0.4, -0.2) is 11.7 Å². The van der Waals surface area contributed by atoms with E-state index in [1.54, 1.807) is 0 Å². The molecular formula is C9H10BrClN2. The molecule has 1 aromatic rings. The number of hydrogen-bond donors (Lipinski definition) is 1. The van der Waals surface area contributed by atoms with Gasteiger partial charge in [-0.3, -0.25) is 0 Å². The normalized spacial score (nSPS) is 11.8. The number of nitrogens with two attached hydrogens (primary N) is 1. The number of amidine groups is 1. The largest absolute Gasteiger partial charge is 0.386 e. The highest BCUT2D eigenvalue weighted by atomic mass is 79.9. The maximum atomic E-state index is 5.53. The molecular weight excluding hydrogens is 251 g/mol. The fourth-order valence-electron chi connectivity index (χ4n) is 0.888. The molecule has 2 N–H and O–H groups in total. The molecule has 70 valence electrons. The summed E-state index contributed by atoms with van der Waals surface area (Å²) in [5.41, 5.74) is 7.46. The Morgan fingerprint density at radius 2 is 2.31 bits per heavy atom. The van der Waals surface area contributed by atoms with E-state index in [1.165, 1.54) is 0 Å². The van der Waals surface area contributed by atoms with Crippen molar-refractivity contribution in [3.63, 3.8) is 0 Å². The molecule has 0 saturated carbocycles. The van der Waals surface area contributed by atoms with Crippen LogP contribution < -0.4 is 5.73 Å². The Morgan fingerprint density at radius 1 is 1.62 bits per heavy atom. The van der Waals surface area contributed by atoms with Crippen molar-refractivity contribution in [2.45, 2.75) is 6.92 Å². The van der Waals surface area contributed by atoms with Crippen molar-refractivity contribution >= 4 is 39.1 Å².